The first kappa shape index (κ1) is 26.1. The topological polar surface area (TPSA) is 135 Å². The van der Waals surface area contributed by atoms with Crippen molar-refractivity contribution in [3.8, 4) is 10.8 Å². The van der Waals surface area contributed by atoms with Gasteiger partial charge in [-0.1, -0.05) is 11.3 Å². The number of carbonyl (C=O) groups is 1. The lowest BCUT2D eigenvalue weighted by Crippen LogP contribution is -2.44. The van der Waals surface area contributed by atoms with Gasteiger partial charge in [-0.15, -0.1) is 4.80 Å². The molecule has 5 heterocycles. The minimum Gasteiger partial charge on any atom is -0.496 e. The molecule has 1 amide bonds. The number of amides is 1. The van der Waals surface area contributed by atoms with E-state index in [4.69, 9.17) is 9.47 Å². The second-order valence-corrected chi connectivity index (χ2v) is 10.6. The quantitative estimate of drug-likeness (QED) is 0.309. The number of aliphatic imine (C=N–C) groups is 1. The van der Waals surface area contributed by atoms with Crippen LogP contribution in [-0.2, 0) is 16.1 Å². The van der Waals surface area contributed by atoms with E-state index in [9.17, 15) is 18.8 Å². The van der Waals surface area contributed by atoms with Gasteiger partial charge in [-0.25, -0.2) is 13.8 Å². The number of fused-ring (bicyclic) bond motifs is 1. The minimum absolute atomic E-state index is 0.0682. The summed E-state index contributed by atoms with van der Waals surface area (Å²) in [6.45, 7) is 2.34. The van der Waals surface area contributed by atoms with Crippen LogP contribution in [0.2, 0.25) is 0 Å². The molecule has 0 bridgehead atoms. The average Bonchev–Trinajstić information content (AvgIpc) is 3.27. The van der Waals surface area contributed by atoms with Crippen LogP contribution in [0, 0.1) is 12.7 Å². The van der Waals surface area contributed by atoms with E-state index in [0.29, 0.717) is 52.7 Å². The third kappa shape index (κ3) is 4.62. The molecule has 3 atom stereocenters. The van der Waals surface area contributed by atoms with Crippen molar-refractivity contribution < 1.29 is 18.7 Å². The number of hydrogen-bond acceptors (Lipinski definition) is 9. The van der Waals surface area contributed by atoms with Crippen LogP contribution in [0.5, 0.6) is 5.75 Å². The lowest BCUT2D eigenvalue weighted by molar-refractivity contribution is -0.122. The number of hydrogen-bond donors (Lipinski definition) is 1. The highest BCUT2D eigenvalue weighted by atomic mass is 32.1. The van der Waals surface area contributed by atoms with Crippen LogP contribution in [0.15, 0.2) is 45.2 Å². The highest BCUT2D eigenvalue weighted by molar-refractivity contribution is 7.21. The predicted octanol–water partition coefficient (Wildman–Crippen LogP) is 1.92. The first-order valence-corrected chi connectivity index (χ1v) is 13.6. The standard InChI is InChI=1S/C26H26FN7O5S/c1-14-21-23(36)33(18-5-7-28-22(18)35)26(37)32(25(21)40-24(14)34-30-8-9-31-34)13-20(39-10-6-16-12-29-16)17-11-15(27)3-4-19(17)38-2/h3-4,8-9,11-12,16,18,20H,5-7,10,13H2,1-2H3,(H,28,35)/t16?,18-,20+/m1/s1. The predicted molar refractivity (Wildman–Crippen MR) is 145 cm³/mol. The summed E-state index contributed by atoms with van der Waals surface area (Å²) in [6, 6.07) is 3.27. The van der Waals surface area contributed by atoms with Gasteiger partial charge in [0.05, 0.1) is 37.5 Å². The van der Waals surface area contributed by atoms with Crippen molar-refractivity contribution in [3.63, 3.8) is 0 Å². The fourth-order valence-electron chi connectivity index (χ4n) is 5.03. The molecule has 3 aromatic heterocycles. The van der Waals surface area contributed by atoms with Crippen LogP contribution < -0.4 is 21.3 Å². The molecule has 1 saturated heterocycles. The van der Waals surface area contributed by atoms with Crippen LogP contribution >= 0.6 is 11.3 Å². The van der Waals surface area contributed by atoms with E-state index < -0.39 is 35.1 Å². The molecule has 4 aromatic rings. The molecule has 0 radical (unpaired) electrons. The lowest BCUT2D eigenvalue weighted by atomic mass is 10.1. The highest BCUT2D eigenvalue weighted by Gasteiger charge is 2.33. The number of carbonyl (C=O) groups excluding carboxylic acids is 1. The minimum atomic E-state index is -0.948. The molecular formula is C26H26FN7O5S. The van der Waals surface area contributed by atoms with E-state index in [0.717, 1.165) is 4.57 Å². The fourth-order valence-corrected chi connectivity index (χ4v) is 6.25. The first-order valence-electron chi connectivity index (χ1n) is 12.8. The second-order valence-electron chi connectivity index (χ2n) is 9.59. The Morgan fingerprint density at radius 1 is 1.23 bits per heavy atom. The maximum absolute atomic E-state index is 14.4. The average molecular weight is 568 g/mol. The molecule has 1 N–H and O–H groups in total. The molecule has 208 valence electrons. The molecule has 0 saturated carbocycles. The smallest absolute Gasteiger partial charge is 0.332 e. The second kappa shape index (κ2) is 10.4. The van der Waals surface area contributed by atoms with Gasteiger partial charge in [0.2, 0.25) is 5.91 Å². The van der Waals surface area contributed by atoms with Crippen molar-refractivity contribution in [2.45, 2.75) is 44.5 Å². The van der Waals surface area contributed by atoms with Crippen LogP contribution in [0.4, 0.5) is 4.39 Å². The van der Waals surface area contributed by atoms with E-state index >= 15 is 0 Å². The zero-order valence-electron chi connectivity index (χ0n) is 21.7. The zero-order chi connectivity index (χ0) is 28.0. The highest BCUT2D eigenvalue weighted by Crippen LogP contribution is 2.34. The van der Waals surface area contributed by atoms with E-state index in [2.05, 4.69) is 20.5 Å². The molecule has 40 heavy (non-hydrogen) atoms. The molecule has 1 aromatic carbocycles. The molecule has 1 fully saturated rings. The number of rotatable bonds is 10. The van der Waals surface area contributed by atoms with E-state index in [-0.39, 0.29) is 18.0 Å². The number of aromatic nitrogens is 5. The maximum Gasteiger partial charge on any atom is 0.332 e. The summed E-state index contributed by atoms with van der Waals surface area (Å²) < 4.78 is 28.6. The summed E-state index contributed by atoms with van der Waals surface area (Å²) in [5, 5.41) is 11.9. The number of nitrogens with one attached hydrogen (secondary N) is 1. The van der Waals surface area contributed by atoms with Crippen molar-refractivity contribution in [3.05, 3.63) is 68.4 Å². The van der Waals surface area contributed by atoms with E-state index in [1.165, 1.54) is 58.4 Å². The van der Waals surface area contributed by atoms with Gasteiger partial charge in [-0.3, -0.25) is 19.1 Å². The van der Waals surface area contributed by atoms with Crippen molar-refractivity contribution in [2.75, 3.05) is 20.3 Å². The molecule has 0 aliphatic carbocycles. The molecule has 12 nitrogen and oxygen atoms in total. The summed E-state index contributed by atoms with van der Waals surface area (Å²) in [4.78, 5) is 46.4. The molecule has 0 spiro atoms. The zero-order valence-corrected chi connectivity index (χ0v) is 22.6. The van der Waals surface area contributed by atoms with Crippen molar-refractivity contribution in [1.82, 2.24) is 29.4 Å². The summed E-state index contributed by atoms with van der Waals surface area (Å²) in [6.07, 6.45) is 4.96. The summed E-state index contributed by atoms with van der Waals surface area (Å²) in [5.74, 6) is -0.486. The van der Waals surface area contributed by atoms with Crippen molar-refractivity contribution in [1.29, 1.82) is 0 Å². The van der Waals surface area contributed by atoms with Gasteiger partial charge in [0.1, 0.15) is 33.5 Å². The fraction of sp³-hybridized carbons (Fsp3) is 0.385. The first-order chi connectivity index (χ1) is 19.4. The van der Waals surface area contributed by atoms with Gasteiger partial charge >= 0.3 is 5.69 Å². The SMILES string of the molecule is COc1ccc(F)cc1[C@H](Cn1c(=O)n([C@@H]2CCNC2=O)c(=O)c2c(C)c(-n3nccn3)sc21)OCCC1C=N1. The Morgan fingerprint density at radius 2 is 2.00 bits per heavy atom. The summed E-state index contributed by atoms with van der Waals surface area (Å²) >= 11 is 1.18. The Morgan fingerprint density at radius 3 is 2.67 bits per heavy atom. The number of benzene rings is 1. The van der Waals surface area contributed by atoms with Gasteiger partial charge < -0.3 is 14.8 Å². The number of thiophene rings is 1. The Bertz CT molecular complexity index is 1740. The van der Waals surface area contributed by atoms with Crippen molar-refractivity contribution >= 4 is 33.7 Å². The summed E-state index contributed by atoms with van der Waals surface area (Å²) in [7, 11) is 1.47. The molecule has 1 unspecified atom stereocenters. The molecule has 6 rings (SSSR count). The Balaban J connectivity index is 1.54. The van der Waals surface area contributed by atoms with Crippen LogP contribution in [-0.4, -0.2) is 62.6 Å². The largest absolute Gasteiger partial charge is 0.496 e. The van der Waals surface area contributed by atoms with Crippen molar-refractivity contribution in [2.24, 2.45) is 4.99 Å². The number of methoxy groups -OCH3 is 1. The molecular weight excluding hydrogens is 541 g/mol. The third-order valence-electron chi connectivity index (χ3n) is 7.13. The monoisotopic (exact) mass is 567 g/mol. The van der Waals surface area contributed by atoms with Gasteiger partial charge in [0.25, 0.3) is 5.56 Å². The van der Waals surface area contributed by atoms with Gasteiger partial charge in [-0.2, -0.15) is 10.2 Å². The molecule has 14 heteroatoms. The van der Waals surface area contributed by atoms with Gasteiger partial charge in [0.15, 0.2) is 0 Å². The Labute approximate surface area is 230 Å². The number of nitrogens with zero attached hydrogens (tertiary/aromatic N) is 6. The maximum atomic E-state index is 14.4. The molecule has 2 aliphatic heterocycles. The normalized spacial score (nSPS) is 18.8. The number of ether oxygens (including phenoxy) is 2. The van der Waals surface area contributed by atoms with E-state index in [1.54, 1.807) is 6.92 Å². The number of halogens is 1. The van der Waals surface area contributed by atoms with E-state index in [1.807, 2.05) is 6.21 Å². The van der Waals surface area contributed by atoms with Crippen LogP contribution in [0.1, 0.15) is 36.1 Å². The lowest BCUT2D eigenvalue weighted by Gasteiger charge is -2.23. The Kier molecular flexibility index (Phi) is 6.80. The van der Waals surface area contributed by atoms with Gasteiger partial charge in [-0.05, 0) is 38.0 Å². The summed E-state index contributed by atoms with van der Waals surface area (Å²) in [5.41, 5.74) is -0.223. The third-order valence-corrected chi connectivity index (χ3v) is 8.41. The van der Waals surface area contributed by atoms with Crippen LogP contribution in [0.25, 0.3) is 15.2 Å². The van der Waals surface area contributed by atoms with Crippen LogP contribution in [0.3, 0.4) is 0 Å². The van der Waals surface area contributed by atoms with Gasteiger partial charge in [0, 0.05) is 30.5 Å². The Hall–Kier alpha value is -4.17. The number of aryl methyl sites for hydroxylation is 1. The molecule has 2 aliphatic rings.